The number of aliphatic hydroxyl groups excluding tert-OH is 1. The van der Waals surface area contributed by atoms with E-state index in [-0.39, 0.29) is 0 Å². The zero-order valence-electron chi connectivity index (χ0n) is 10.7. The predicted octanol–water partition coefficient (Wildman–Crippen LogP) is 1.89. The van der Waals surface area contributed by atoms with Crippen LogP contribution in [0.15, 0.2) is 12.3 Å². The van der Waals surface area contributed by atoms with Crippen molar-refractivity contribution in [2.24, 2.45) is 7.05 Å². The van der Waals surface area contributed by atoms with Gasteiger partial charge in [0.15, 0.2) is 0 Å². The maximum absolute atomic E-state index is 10.2. The zero-order valence-corrected chi connectivity index (χ0v) is 11.5. The highest BCUT2D eigenvalue weighted by Crippen LogP contribution is 2.25. The Bertz CT molecular complexity index is 494. The molecule has 98 valence electrons. The van der Waals surface area contributed by atoms with Crippen molar-refractivity contribution in [2.75, 3.05) is 0 Å². The summed E-state index contributed by atoms with van der Waals surface area (Å²) in [5.41, 5.74) is 2.07. The second-order valence-corrected chi connectivity index (χ2v) is 5.12. The molecule has 0 spiro atoms. The van der Waals surface area contributed by atoms with Gasteiger partial charge >= 0.3 is 0 Å². The quantitative estimate of drug-likeness (QED) is 0.867. The Morgan fingerprint density at radius 3 is 2.94 bits per heavy atom. The topological polar surface area (TPSA) is 63.8 Å². The summed E-state index contributed by atoms with van der Waals surface area (Å²) >= 11 is 1.31. The van der Waals surface area contributed by atoms with Gasteiger partial charge in [-0.25, -0.2) is 0 Å². The van der Waals surface area contributed by atoms with Gasteiger partial charge in [-0.05, 0) is 36.9 Å². The first-order valence-corrected chi connectivity index (χ1v) is 6.95. The first-order chi connectivity index (χ1) is 8.72. The van der Waals surface area contributed by atoms with Crippen LogP contribution in [0.25, 0.3) is 0 Å². The van der Waals surface area contributed by atoms with Crippen molar-refractivity contribution < 1.29 is 5.11 Å². The average molecular weight is 266 g/mol. The fourth-order valence-electron chi connectivity index (χ4n) is 1.94. The van der Waals surface area contributed by atoms with Crippen LogP contribution in [0.2, 0.25) is 0 Å². The molecule has 0 saturated carbocycles. The molecule has 0 radical (unpaired) electrons. The number of nitrogens with zero attached hydrogens (tertiary/aromatic N) is 4. The summed E-state index contributed by atoms with van der Waals surface area (Å²) in [6.07, 6.45) is 4.70. The van der Waals surface area contributed by atoms with Crippen LogP contribution in [0.3, 0.4) is 0 Å². The Morgan fingerprint density at radius 1 is 1.44 bits per heavy atom. The highest BCUT2D eigenvalue weighted by Gasteiger charge is 2.16. The largest absolute Gasteiger partial charge is 0.387 e. The molecule has 2 aromatic rings. The van der Waals surface area contributed by atoms with E-state index in [9.17, 15) is 5.11 Å². The molecular formula is C12H18N4OS. The molecule has 0 amide bonds. The molecule has 0 aliphatic rings. The molecule has 1 unspecified atom stereocenters. The summed E-state index contributed by atoms with van der Waals surface area (Å²) in [5, 5.41) is 18.4. The summed E-state index contributed by atoms with van der Waals surface area (Å²) in [4.78, 5) is 0.916. The molecule has 2 heterocycles. The molecule has 0 aliphatic carbocycles. The van der Waals surface area contributed by atoms with E-state index in [0.717, 1.165) is 35.5 Å². The third kappa shape index (κ3) is 2.94. The van der Waals surface area contributed by atoms with Gasteiger partial charge in [-0.3, -0.25) is 4.68 Å². The van der Waals surface area contributed by atoms with Gasteiger partial charge in [0.1, 0.15) is 0 Å². The first-order valence-electron chi connectivity index (χ1n) is 6.18. The molecule has 6 heteroatoms. The maximum atomic E-state index is 10.2. The van der Waals surface area contributed by atoms with E-state index < -0.39 is 6.10 Å². The lowest BCUT2D eigenvalue weighted by Crippen LogP contribution is -2.04. The summed E-state index contributed by atoms with van der Waals surface area (Å²) in [6.45, 7) is 2.10. The van der Waals surface area contributed by atoms with Crippen molar-refractivity contribution in [3.63, 3.8) is 0 Å². The summed E-state index contributed by atoms with van der Waals surface area (Å²) in [5.74, 6) is 0. The molecule has 18 heavy (non-hydrogen) atoms. The Hall–Kier alpha value is -1.27. The zero-order chi connectivity index (χ0) is 13.0. The molecule has 0 fully saturated rings. The fourth-order valence-corrected chi connectivity index (χ4v) is 2.66. The van der Waals surface area contributed by atoms with Crippen LogP contribution in [0.5, 0.6) is 0 Å². The Kier molecular flexibility index (Phi) is 4.43. The van der Waals surface area contributed by atoms with Gasteiger partial charge < -0.3 is 5.11 Å². The molecule has 1 atom stereocenters. The van der Waals surface area contributed by atoms with Gasteiger partial charge in [-0.2, -0.15) is 5.10 Å². The second-order valence-electron chi connectivity index (χ2n) is 4.33. The number of aryl methyl sites for hydroxylation is 3. The number of aromatic nitrogens is 4. The summed E-state index contributed by atoms with van der Waals surface area (Å²) in [7, 11) is 1.92. The second kappa shape index (κ2) is 6.06. The van der Waals surface area contributed by atoms with Crippen LogP contribution in [0.4, 0.5) is 0 Å². The third-order valence-corrected chi connectivity index (χ3v) is 3.84. The van der Waals surface area contributed by atoms with E-state index in [0.29, 0.717) is 6.42 Å². The van der Waals surface area contributed by atoms with E-state index in [4.69, 9.17) is 0 Å². The highest BCUT2D eigenvalue weighted by atomic mass is 32.1. The van der Waals surface area contributed by atoms with Crippen LogP contribution >= 0.6 is 11.5 Å². The van der Waals surface area contributed by atoms with Gasteiger partial charge in [-0.15, -0.1) is 5.10 Å². The molecule has 0 saturated heterocycles. The minimum Gasteiger partial charge on any atom is -0.387 e. The van der Waals surface area contributed by atoms with Crippen LogP contribution in [-0.4, -0.2) is 24.5 Å². The fraction of sp³-hybridized carbons (Fsp3) is 0.583. The molecule has 0 aliphatic heterocycles. The van der Waals surface area contributed by atoms with Crippen LogP contribution in [0, 0.1) is 0 Å². The van der Waals surface area contributed by atoms with Gasteiger partial charge in [0.25, 0.3) is 0 Å². The van der Waals surface area contributed by atoms with E-state index in [2.05, 4.69) is 21.6 Å². The number of hydrogen-bond acceptors (Lipinski definition) is 5. The lowest BCUT2D eigenvalue weighted by molar-refractivity contribution is 0.169. The first kappa shape index (κ1) is 13.2. The molecule has 1 N–H and O–H groups in total. The molecule has 2 aromatic heterocycles. The Balaban J connectivity index is 1.97. The van der Waals surface area contributed by atoms with Crippen molar-refractivity contribution in [2.45, 2.75) is 38.7 Å². The molecule has 5 nitrogen and oxygen atoms in total. The van der Waals surface area contributed by atoms with Crippen LogP contribution < -0.4 is 0 Å². The minimum absolute atomic E-state index is 0.471. The SMILES string of the molecule is CCCc1nnsc1C(O)CCc1ccnn1C. The molecule has 0 aromatic carbocycles. The molecular weight excluding hydrogens is 248 g/mol. The van der Waals surface area contributed by atoms with Crippen molar-refractivity contribution in [1.29, 1.82) is 0 Å². The smallest absolute Gasteiger partial charge is 0.0920 e. The molecule has 0 bridgehead atoms. The van der Waals surface area contributed by atoms with Crippen molar-refractivity contribution in [3.8, 4) is 0 Å². The Morgan fingerprint density at radius 2 is 2.28 bits per heavy atom. The van der Waals surface area contributed by atoms with Gasteiger partial charge in [0.05, 0.1) is 16.7 Å². The number of hydrogen-bond donors (Lipinski definition) is 1. The normalized spacial score (nSPS) is 12.8. The van der Waals surface area contributed by atoms with Gasteiger partial charge in [0, 0.05) is 18.9 Å². The molecule has 2 rings (SSSR count). The number of aliphatic hydroxyl groups is 1. The number of rotatable bonds is 6. The maximum Gasteiger partial charge on any atom is 0.0920 e. The standard InChI is InChI=1S/C12H18N4OS/c1-3-4-10-12(18-15-14-10)11(17)6-5-9-7-8-13-16(9)2/h7-8,11,17H,3-6H2,1-2H3. The van der Waals surface area contributed by atoms with Gasteiger partial charge in [0.2, 0.25) is 0 Å². The minimum atomic E-state index is -0.471. The van der Waals surface area contributed by atoms with E-state index in [1.165, 1.54) is 11.5 Å². The van der Waals surface area contributed by atoms with E-state index in [1.54, 1.807) is 6.20 Å². The van der Waals surface area contributed by atoms with Crippen LogP contribution in [0.1, 0.15) is 42.1 Å². The van der Waals surface area contributed by atoms with Crippen molar-refractivity contribution in [3.05, 3.63) is 28.5 Å². The highest BCUT2D eigenvalue weighted by molar-refractivity contribution is 7.05. The third-order valence-electron chi connectivity index (χ3n) is 2.97. The van der Waals surface area contributed by atoms with E-state index >= 15 is 0 Å². The monoisotopic (exact) mass is 266 g/mol. The van der Waals surface area contributed by atoms with Gasteiger partial charge in [-0.1, -0.05) is 17.8 Å². The Labute approximate surface area is 111 Å². The lowest BCUT2D eigenvalue weighted by atomic mass is 10.1. The van der Waals surface area contributed by atoms with Crippen molar-refractivity contribution >= 4 is 11.5 Å². The average Bonchev–Trinajstić information content (AvgIpc) is 2.96. The summed E-state index contributed by atoms with van der Waals surface area (Å²) in [6, 6.07) is 1.98. The summed E-state index contributed by atoms with van der Waals surface area (Å²) < 4.78 is 5.78. The van der Waals surface area contributed by atoms with E-state index in [1.807, 2.05) is 17.8 Å². The predicted molar refractivity (Wildman–Crippen MR) is 70.4 cm³/mol. The van der Waals surface area contributed by atoms with Crippen molar-refractivity contribution in [1.82, 2.24) is 19.4 Å². The van der Waals surface area contributed by atoms with Crippen LogP contribution in [-0.2, 0) is 19.9 Å². The lowest BCUT2D eigenvalue weighted by Gasteiger charge is -2.09.